The summed E-state index contributed by atoms with van der Waals surface area (Å²) >= 11 is 0. The first-order valence-corrected chi connectivity index (χ1v) is 11.2. The molecule has 0 aliphatic carbocycles. The molecule has 0 heterocycles. The highest BCUT2D eigenvalue weighted by Gasteiger charge is 2.54. The summed E-state index contributed by atoms with van der Waals surface area (Å²) in [6.07, 6.45) is 0. The summed E-state index contributed by atoms with van der Waals surface area (Å²) < 4.78 is 23.5. The Morgan fingerprint density at radius 3 is 0.850 bits per heavy atom. The van der Waals surface area contributed by atoms with E-state index in [1.807, 2.05) is 0 Å². The van der Waals surface area contributed by atoms with Gasteiger partial charge in [0.1, 0.15) is 0 Å². The largest absolute Gasteiger partial charge is 0.397 e. The molecule has 6 heteroatoms. The predicted octanol–water partition coefficient (Wildman–Crippen LogP) is 4.06. The summed E-state index contributed by atoms with van der Waals surface area (Å²) in [5, 5.41) is 0.0199. The fourth-order valence-corrected chi connectivity index (χ4v) is 10.6. The van der Waals surface area contributed by atoms with Crippen molar-refractivity contribution in [2.24, 2.45) is 0 Å². The van der Waals surface area contributed by atoms with E-state index in [0.29, 0.717) is 0 Å². The Labute approximate surface area is 127 Å². The van der Waals surface area contributed by atoms with Gasteiger partial charge in [0.15, 0.2) is 0 Å². The van der Waals surface area contributed by atoms with Gasteiger partial charge in [-0.2, -0.15) is 0 Å². The van der Waals surface area contributed by atoms with Gasteiger partial charge in [-0.25, -0.2) is 0 Å². The summed E-state index contributed by atoms with van der Waals surface area (Å²) in [6.45, 7) is 13.1. The van der Waals surface area contributed by atoms with Crippen LogP contribution in [0.5, 0.6) is 0 Å². The van der Waals surface area contributed by atoms with Gasteiger partial charge in [0, 0.05) is 38.5 Å². The van der Waals surface area contributed by atoms with Crippen molar-refractivity contribution in [3.8, 4) is 0 Å². The molecule has 0 fully saturated rings. The summed E-state index contributed by atoms with van der Waals surface area (Å²) in [5.74, 6) is 0. The van der Waals surface area contributed by atoms with Crippen LogP contribution in [0.1, 0.15) is 41.5 Å². The minimum absolute atomic E-state index is 0.00993. The van der Waals surface area contributed by atoms with Gasteiger partial charge in [0.2, 0.25) is 0 Å². The maximum atomic E-state index is 5.88. The van der Waals surface area contributed by atoms with Gasteiger partial charge in [0.05, 0.1) is 0 Å². The molecule has 0 unspecified atom stereocenters. The quantitative estimate of drug-likeness (QED) is 0.662. The topological polar surface area (TPSA) is 36.9 Å². The molecule has 4 nitrogen and oxygen atoms in total. The van der Waals surface area contributed by atoms with E-state index in [0.717, 1.165) is 12.1 Å². The van der Waals surface area contributed by atoms with Gasteiger partial charge in [0.25, 0.3) is 0 Å². The molecular weight excluding hydrogens is 288 g/mol. The Morgan fingerprint density at radius 2 is 0.750 bits per heavy atom. The van der Waals surface area contributed by atoms with Crippen LogP contribution in [0.15, 0.2) is 0 Å². The van der Waals surface area contributed by atoms with Crippen molar-refractivity contribution in [3.63, 3.8) is 0 Å². The standard InChI is InChI=1S/C14H34O4Si2/c1-13(2,3)19(15-7,16-8)11-12-20(17-9,18-10)14(4,5)6/h11-12H2,1-10H3. The van der Waals surface area contributed by atoms with Crippen LogP contribution in [0, 0.1) is 0 Å². The molecule has 0 radical (unpaired) electrons. The molecule has 0 aromatic rings. The molecule has 0 aromatic heterocycles. The zero-order chi connectivity index (χ0) is 16.2. The molecule has 0 N–H and O–H groups in total. The highest BCUT2D eigenvalue weighted by atomic mass is 28.4. The summed E-state index contributed by atoms with van der Waals surface area (Å²) in [6, 6.07) is 1.77. The monoisotopic (exact) mass is 322 g/mol. The average molecular weight is 323 g/mol. The van der Waals surface area contributed by atoms with Crippen LogP contribution < -0.4 is 0 Å². The summed E-state index contributed by atoms with van der Waals surface area (Å²) in [4.78, 5) is 0. The molecule has 0 aromatic carbocycles. The maximum absolute atomic E-state index is 5.88. The van der Waals surface area contributed by atoms with Crippen LogP contribution in [-0.2, 0) is 17.7 Å². The number of rotatable bonds is 7. The fourth-order valence-electron chi connectivity index (χ4n) is 2.88. The molecule has 0 saturated heterocycles. The van der Waals surface area contributed by atoms with Crippen molar-refractivity contribution in [3.05, 3.63) is 0 Å². The van der Waals surface area contributed by atoms with Gasteiger partial charge in [-0.15, -0.1) is 0 Å². The average Bonchev–Trinajstić information content (AvgIpc) is 2.32. The van der Waals surface area contributed by atoms with Crippen LogP contribution in [-0.4, -0.2) is 45.6 Å². The molecule has 0 aliphatic rings. The second-order valence-corrected chi connectivity index (χ2v) is 16.0. The molecule has 122 valence electrons. The van der Waals surface area contributed by atoms with E-state index in [9.17, 15) is 0 Å². The highest BCUT2D eigenvalue weighted by molar-refractivity contribution is 6.75. The van der Waals surface area contributed by atoms with Crippen LogP contribution in [0.3, 0.4) is 0 Å². The molecule has 0 bridgehead atoms. The molecule has 0 atom stereocenters. The minimum atomic E-state index is -2.29. The molecular formula is C14H34O4Si2. The van der Waals surface area contributed by atoms with Gasteiger partial charge >= 0.3 is 17.1 Å². The van der Waals surface area contributed by atoms with Gasteiger partial charge < -0.3 is 17.7 Å². The molecule has 0 saturated carbocycles. The van der Waals surface area contributed by atoms with E-state index in [1.54, 1.807) is 28.4 Å². The van der Waals surface area contributed by atoms with Crippen LogP contribution >= 0.6 is 0 Å². The SMILES string of the molecule is CO[Si](CC[Si](OC)(OC)C(C)(C)C)(OC)C(C)(C)C. The first-order valence-electron chi connectivity index (χ1n) is 7.16. The van der Waals surface area contributed by atoms with Crippen molar-refractivity contribution in [2.75, 3.05) is 28.4 Å². The third kappa shape index (κ3) is 3.92. The van der Waals surface area contributed by atoms with Crippen molar-refractivity contribution in [1.29, 1.82) is 0 Å². The van der Waals surface area contributed by atoms with Crippen molar-refractivity contribution in [1.82, 2.24) is 0 Å². The number of hydrogen-bond acceptors (Lipinski definition) is 4. The normalized spacial score (nSPS) is 14.7. The van der Waals surface area contributed by atoms with Gasteiger partial charge in [-0.1, -0.05) is 41.5 Å². The molecule has 20 heavy (non-hydrogen) atoms. The maximum Gasteiger partial charge on any atom is 0.343 e. The first kappa shape index (κ1) is 20.3. The van der Waals surface area contributed by atoms with E-state index in [2.05, 4.69) is 41.5 Å². The lowest BCUT2D eigenvalue weighted by molar-refractivity contribution is 0.200. The molecule has 0 spiro atoms. The van der Waals surface area contributed by atoms with E-state index in [4.69, 9.17) is 17.7 Å². The van der Waals surface area contributed by atoms with Crippen molar-refractivity contribution >= 4 is 17.1 Å². The Morgan fingerprint density at radius 1 is 0.550 bits per heavy atom. The lowest BCUT2D eigenvalue weighted by atomic mass is 10.2. The highest BCUT2D eigenvalue weighted by Crippen LogP contribution is 2.46. The van der Waals surface area contributed by atoms with Crippen LogP contribution in [0.4, 0.5) is 0 Å². The molecule has 0 amide bonds. The molecule has 0 rings (SSSR count). The lowest BCUT2D eigenvalue weighted by Crippen LogP contribution is -2.54. The zero-order valence-corrected chi connectivity index (χ0v) is 17.0. The predicted molar refractivity (Wildman–Crippen MR) is 88.6 cm³/mol. The van der Waals surface area contributed by atoms with E-state index >= 15 is 0 Å². The Balaban J connectivity index is 5.29. The second kappa shape index (κ2) is 7.02. The smallest absolute Gasteiger partial charge is 0.343 e. The third-order valence-electron chi connectivity index (χ3n) is 4.39. The number of hydrogen-bond donors (Lipinski definition) is 0. The van der Waals surface area contributed by atoms with E-state index < -0.39 is 17.1 Å². The summed E-state index contributed by atoms with van der Waals surface area (Å²) in [5.41, 5.74) is 0. The summed E-state index contributed by atoms with van der Waals surface area (Å²) in [7, 11) is 2.48. The Hall–Kier alpha value is 0.274. The van der Waals surface area contributed by atoms with Crippen molar-refractivity contribution in [2.45, 2.75) is 63.7 Å². The first-order chi connectivity index (χ1) is 8.95. The Kier molecular flexibility index (Phi) is 7.12. The minimum Gasteiger partial charge on any atom is -0.397 e. The molecule has 0 aliphatic heterocycles. The van der Waals surface area contributed by atoms with Gasteiger partial charge in [-0.05, 0) is 12.1 Å². The Bertz CT molecular complexity index is 257. The van der Waals surface area contributed by atoms with Crippen LogP contribution in [0.2, 0.25) is 22.2 Å². The lowest BCUT2D eigenvalue weighted by Gasteiger charge is -2.43. The second-order valence-electron chi connectivity index (χ2n) is 7.32. The van der Waals surface area contributed by atoms with Gasteiger partial charge in [-0.3, -0.25) is 0 Å². The van der Waals surface area contributed by atoms with Crippen LogP contribution in [0.25, 0.3) is 0 Å². The fraction of sp³-hybridized carbons (Fsp3) is 1.00. The third-order valence-corrected chi connectivity index (χ3v) is 13.9. The van der Waals surface area contributed by atoms with Crippen molar-refractivity contribution < 1.29 is 17.7 Å². The van der Waals surface area contributed by atoms with E-state index in [1.165, 1.54) is 0 Å². The zero-order valence-electron chi connectivity index (χ0n) is 15.0. The van der Waals surface area contributed by atoms with E-state index in [-0.39, 0.29) is 10.1 Å².